The highest BCUT2D eigenvalue weighted by molar-refractivity contribution is 7.90. The van der Waals surface area contributed by atoms with Crippen molar-refractivity contribution in [3.8, 4) is 0 Å². The number of ether oxygens (including phenoxy) is 1. The maximum atomic E-state index is 14.0. The summed E-state index contributed by atoms with van der Waals surface area (Å²) >= 11 is 0. The van der Waals surface area contributed by atoms with Crippen LogP contribution in [0.5, 0.6) is 0 Å². The molecule has 0 aliphatic carbocycles. The summed E-state index contributed by atoms with van der Waals surface area (Å²) in [7, 11) is -6.15. The summed E-state index contributed by atoms with van der Waals surface area (Å²) < 4.78 is 69.5. The minimum atomic E-state index is -3.96. The van der Waals surface area contributed by atoms with Gasteiger partial charge in [0.25, 0.3) is 0 Å². The van der Waals surface area contributed by atoms with E-state index in [0.29, 0.717) is 6.61 Å². The highest BCUT2D eigenvalue weighted by Crippen LogP contribution is 2.29. The molecule has 142 valence electrons. The van der Waals surface area contributed by atoms with Crippen molar-refractivity contribution in [3.63, 3.8) is 0 Å². The van der Waals surface area contributed by atoms with Crippen molar-refractivity contribution in [2.75, 3.05) is 39.6 Å². The molecule has 1 aliphatic heterocycles. The van der Waals surface area contributed by atoms with Crippen molar-refractivity contribution in [2.24, 2.45) is 5.41 Å². The van der Waals surface area contributed by atoms with E-state index >= 15 is 0 Å². The van der Waals surface area contributed by atoms with Gasteiger partial charge in [-0.3, -0.25) is 0 Å². The summed E-state index contributed by atoms with van der Waals surface area (Å²) in [6.45, 7) is 2.12. The number of methoxy groups -OCH3 is 1. The van der Waals surface area contributed by atoms with Crippen LogP contribution in [0, 0.1) is 11.2 Å². The van der Waals surface area contributed by atoms with Crippen LogP contribution in [-0.2, 0) is 24.6 Å². The van der Waals surface area contributed by atoms with Gasteiger partial charge in [-0.1, -0.05) is 0 Å². The molecule has 0 bridgehead atoms. The Hall–Kier alpha value is -1.07. The lowest BCUT2D eigenvalue weighted by Crippen LogP contribution is -2.47. The second-order valence-corrected chi connectivity index (χ2v) is 10.1. The molecule has 0 aromatic heterocycles. The van der Waals surface area contributed by atoms with Crippen LogP contribution in [0.25, 0.3) is 0 Å². The predicted molar refractivity (Wildman–Crippen MR) is 91.1 cm³/mol. The molecule has 0 amide bonds. The van der Waals surface area contributed by atoms with Crippen molar-refractivity contribution in [3.05, 3.63) is 24.0 Å². The maximum absolute atomic E-state index is 14.0. The molecule has 0 radical (unpaired) electrons. The van der Waals surface area contributed by atoms with Crippen LogP contribution < -0.4 is 10.0 Å². The molecule has 1 heterocycles. The fourth-order valence-corrected chi connectivity index (χ4v) is 4.81. The van der Waals surface area contributed by atoms with E-state index in [4.69, 9.17) is 4.74 Å². The number of rotatable bonds is 7. The van der Waals surface area contributed by atoms with Crippen LogP contribution in [0.1, 0.15) is 12.8 Å². The van der Waals surface area contributed by atoms with E-state index in [2.05, 4.69) is 10.0 Å². The minimum absolute atomic E-state index is 0.167. The number of nitrogens with one attached hydrogen (secondary N) is 2. The number of benzene rings is 1. The van der Waals surface area contributed by atoms with Crippen molar-refractivity contribution in [1.82, 2.24) is 10.0 Å². The smallest absolute Gasteiger partial charge is 0.240 e. The zero-order chi connectivity index (χ0) is 18.7. The first kappa shape index (κ1) is 20.2. The molecule has 2 N–H and O–H groups in total. The van der Waals surface area contributed by atoms with Crippen LogP contribution in [-0.4, -0.2) is 56.4 Å². The molecule has 0 saturated carbocycles. The second-order valence-electron chi connectivity index (χ2n) is 6.37. The zero-order valence-electron chi connectivity index (χ0n) is 14.2. The van der Waals surface area contributed by atoms with Gasteiger partial charge in [-0.15, -0.1) is 0 Å². The summed E-state index contributed by atoms with van der Waals surface area (Å²) in [6.07, 6.45) is 2.37. The van der Waals surface area contributed by atoms with Crippen molar-refractivity contribution >= 4 is 19.9 Å². The lowest BCUT2D eigenvalue weighted by molar-refractivity contribution is 0.0577. The first-order valence-corrected chi connectivity index (χ1v) is 11.2. The third kappa shape index (κ3) is 4.98. The third-order valence-corrected chi connectivity index (χ3v) is 6.89. The van der Waals surface area contributed by atoms with Gasteiger partial charge < -0.3 is 10.1 Å². The molecule has 0 atom stereocenters. The fourth-order valence-electron chi connectivity index (χ4n) is 2.92. The number of hydrogen-bond donors (Lipinski definition) is 2. The molecule has 10 heteroatoms. The number of halogens is 1. The SMILES string of the molecule is COCC1(CNS(=O)(=O)c2ccc(S(C)(=O)=O)c(F)c2)CCNCC1. The zero-order valence-corrected chi connectivity index (χ0v) is 15.8. The number of piperidine rings is 1. The summed E-state index contributed by atoms with van der Waals surface area (Å²) in [6, 6.07) is 2.78. The molecule has 1 fully saturated rings. The largest absolute Gasteiger partial charge is 0.384 e. The Kier molecular flexibility index (Phi) is 6.21. The predicted octanol–water partition coefficient (Wildman–Crippen LogP) is 0.524. The van der Waals surface area contributed by atoms with E-state index in [1.54, 1.807) is 7.11 Å². The second kappa shape index (κ2) is 7.67. The van der Waals surface area contributed by atoms with Crippen molar-refractivity contribution in [1.29, 1.82) is 0 Å². The quantitative estimate of drug-likeness (QED) is 0.699. The summed E-state index contributed by atoms with van der Waals surface area (Å²) in [4.78, 5) is -0.834. The van der Waals surface area contributed by atoms with Gasteiger partial charge in [-0.25, -0.2) is 25.9 Å². The van der Waals surface area contributed by atoms with Gasteiger partial charge in [-0.2, -0.15) is 0 Å². The van der Waals surface area contributed by atoms with Crippen LogP contribution in [0.15, 0.2) is 28.0 Å². The first-order valence-electron chi connectivity index (χ1n) is 7.79. The monoisotopic (exact) mass is 394 g/mol. The van der Waals surface area contributed by atoms with Crippen LogP contribution in [0.2, 0.25) is 0 Å². The maximum Gasteiger partial charge on any atom is 0.240 e. The molecule has 0 unspecified atom stereocenters. The molecule has 25 heavy (non-hydrogen) atoms. The Balaban J connectivity index is 2.20. The Bertz CT molecular complexity index is 813. The average Bonchev–Trinajstić information content (AvgIpc) is 2.53. The van der Waals surface area contributed by atoms with Gasteiger partial charge in [0.1, 0.15) is 10.7 Å². The topological polar surface area (TPSA) is 102 Å². The summed E-state index contributed by atoms with van der Waals surface area (Å²) in [5.41, 5.74) is -0.321. The Labute approximate surface area is 147 Å². The van der Waals surface area contributed by atoms with E-state index in [-0.39, 0.29) is 16.9 Å². The van der Waals surface area contributed by atoms with E-state index in [0.717, 1.165) is 50.4 Å². The molecule has 1 aliphatic rings. The molecule has 1 saturated heterocycles. The molecular weight excluding hydrogens is 371 g/mol. The van der Waals surface area contributed by atoms with E-state index < -0.39 is 30.6 Å². The van der Waals surface area contributed by atoms with Gasteiger partial charge in [-0.05, 0) is 44.1 Å². The normalized spacial score (nSPS) is 18.2. The average molecular weight is 394 g/mol. The Morgan fingerprint density at radius 1 is 1.24 bits per heavy atom. The van der Waals surface area contributed by atoms with Gasteiger partial charge in [0.15, 0.2) is 9.84 Å². The first-order chi connectivity index (χ1) is 11.6. The molecule has 2 rings (SSSR count). The summed E-state index contributed by atoms with van der Waals surface area (Å²) in [5.74, 6) is -1.08. The lowest BCUT2D eigenvalue weighted by Gasteiger charge is -2.37. The van der Waals surface area contributed by atoms with Crippen molar-refractivity contribution < 1.29 is 26.0 Å². The highest BCUT2D eigenvalue weighted by Gasteiger charge is 2.33. The molecule has 7 nitrogen and oxygen atoms in total. The minimum Gasteiger partial charge on any atom is -0.384 e. The standard InChI is InChI=1S/C15H23FN2O5S2/c1-23-11-15(5-7-17-8-6-15)10-18-25(21,22)12-3-4-14(13(16)9-12)24(2,19)20/h3-4,9,17-18H,5-8,10-11H2,1-2H3. The van der Waals surface area contributed by atoms with Crippen molar-refractivity contribution in [2.45, 2.75) is 22.6 Å². The van der Waals surface area contributed by atoms with Crippen LogP contribution in [0.3, 0.4) is 0 Å². The number of sulfonamides is 1. The lowest BCUT2D eigenvalue weighted by atomic mass is 9.80. The molecule has 1 aromatic rings. The Morgan fingerprint density at radius 3 is 2.40 bits per heavy atom. The van der Waals surface area contributed by atoms with Gasteiger partial charge >= 0.3 is 0 Å². The van der Waals surface area contributed by atoms with Crippen LogP contribution in [0.4, 0.5) is 4.39 Å². The number of sulfone groups is 1. The van der Waals surface area contributed by atoms with E-state index in [1.807, 2.05) is 0 Å². The molecular formula is C15H23FN2O5S2. The number of hydrogen-bond acceptors (Lipinski definition) is 6. The Morgan fingerprint density at radius 2 is 1.88 bits per heavy atom. The highest BCUT2D eigenvalue weighted by atomic mass is 32.2. The fraction of sp³-hybridized carbons (Fsp3) is 0.600. The van der Waals surface area contributed by atoms with Gasteiger partial charge in [0.2, 0.25) is 10.0 Å². The van der Waals surface area contributed by atoms with E-state index in [9.17, 15) is 21.2 Å². The molecule has 1 aromatic carbocycles. The molecule has 0 spiro atoms. The van der Waals surface area contributed by atoms with Gasteiger partial charge in [0, 0.05) is 25.3 Å². The van der Waals surface area contributed by atoms with Crippen LogP contribution >= 0.6 is 0 Å². The third-order valence-electron chi connectivity index (χ3n) is 4.37. The summed E-state index contributed by atoms with van der Waals surface area (Å²) in [5, 5.41) is 3.22. The van der Waals surface area contributed by atoms with E-state index in [1.165, 1.54) is 0 Å². The van der Waals surface area contributed by atoms with Gasteiger partial charge in [0.05, 0.1) is 11.5 Å².